The fourth-order valence-corrected chi connectivity index (χ4v) is 3.73. The number of piperidine rings is 1. The number of nitrogens with zero attached hydrogens (tertiary/aromatic N) is 2. The Morgan fingerprint density at radius 1 is 1.14 bits per heavy atom. The number of hydrogen-bond donors (Lipinski definition) is 1. The third kappa shape index (κ3) is 3.58. The highest BCUT2D eigenvalue weighted by atomic mass is 15.2. The molecule has 3 rings (SSSR count). The fourth-order valence-electron chi connectivity index (χ4n) is 3.73. The third-order valence-electron chi connectivity index (χ3n) is 5.13. The predicted octanol–water partition coefficient (Wildman–Crippen LogP) is 2.64. The SMILES string of the molecule is CN1CCCc2cc(CNCC3CCCCN3C)ccc21. The van der Waals surface area contributed by atoms with E-state index in [0.29, 0.717) is 0 Å². The van der Waals surface area contributed by atoms with Crippen LogP contribution in [-0.2, 0) is 13.0 Å². The van der Waals surface area contributed by atoms with Crippen molar-refractivity contribution in [1.82, 2.24) is 10.2 Å². The maximum atomic E-state index is 3.66. The van der Waals surface area contributed by atoms with Crippen LogP contribution in [0.5, 0.6) is 0 Å². The molecule has 116 valence electrons. The van der Waals surface area contributed by atoms with Crippen LogP contribution >= 0.6 is 0 Å². The van der Waals surface area contributed by atoms with Crippen LogP contribution in [-0.4, -0.2) is 44.7 Å². The summed E-state index contributed by atoms with van der Waals surface area (Å²) in [7, 11) is 4.47. The second-order valence-corrected chi connectivity index (χ2v) is 6.75. The van der Waals surface area contributed by atoms with Gasteiger partial charge >= 0.3 is 0 Å². The second-order valence-electron chi connectivity index (χ2n) is 6.75. The van der Waals surface area contributed by atoms with Crippen molar-refractivity contribution >= 4 is 5.69 Å². The van der Waals surface area contributed by atoms with Gasteiger partial charge in [-0.3, -0.25) is 0 Å². The summed E-state index contributed by atoms with van der Waals surface area (Å²) >= 11 is 0. The fraction of sp³-hybridized carbons (Fsp3) is 0.667. The number of aryl methyl sites for hydroxylation is 1. The Morgan fingerprint density at radius 2 is 2.05 bits per heavy atom. The molecule has 1 saturated heterocycles. The van der Waals surface area contributed by atoms with E-state index in [9.17, 15) is 0 Å². The van der Waals surface area contributed by atoms with Gasteiger partial charge in [-0.05, 0) is 56.5 Å². The first-order valence-corrected chi connectivity index (χ1v) is 8.48. The summed E-state index contributed by atoms with van der Waals surface area (Å²) in [6.45, 7) is 4.57. The van der Waals surface area contributed by atoms with Gasteiger partial charge in [-0.1, -0.05) is 18.6 Å². The predicted molar refractivity (Wildman–Crippen MR) is 90.0 cm³/mol. The van der Waals surface area contributed by atoms with E-state index >= 15 is 0 Å². The maximum absolute atomic E-state index is 3.66. The molecule has 0 aliphatic carbocycles. The van der Waals surface area contributed by atoms with Crippen LogP contribution in [0.25, 0.3) is 0 Å². The molecular formula is C18H29N3. The molecule has 0 radical (unpaired) electrons. The van der Waals surface area contributed by atoms with E-state index in [-0.39, 0.29) is 0 Å². The lowest BCUT2D eigenvalue weighted by molar-refractivity contribution is 0.181. The minimum absolute atomic E-state index is 0.725. The van der Waals surface area contributed by atoms with Gasteiger partial charge in [0.05, 0.1) is 0 Å². The van der Waals surface area contributed by atoms with Crippen LogP contribution in [0.4, 0.5) is 5.69 Å². The van der Waals surface area contributed by atoms with Gasteiger partial charge in [0.15, 0.2) is 0 Å². The number of likely N-dealkylation sites (N-methyl/N-ethyl adjacent to an activating group) is 1. The molecule has 21 heavy (non-hydrogen) atoms. The van der Waals surface area contributed by atoms with Gasteiger partial charge in [0.2, 0.25) is 0 Å². The normalized spacial score (nSPS) is 23.1. The number of nitrogens with one attached hydrogen (secondary N) is 1. The first-order chi connectivity index (χ1) is 10.2. The lowest BCUT2D eigenvalue weighted by Crippen LogP contribution is -2.42. The van der Waals surface area contributed by atoms with Crippen molar-refractivity contribution in [2.45, 2.75) is 44.7 Å². The van der Waals surface area contributed by atoms with Gasteiger partial charge in [0.1, 0.15) is 0 Å². The average molecular weight is 287 g/mol. The number of hydrogen-bond acceptors (Lipinski definition) is 3. The molecule has 1 fully saturated rings. The summed E-state index contributed by atoms with van der Waals surface area (Å²) in [5.41, 5.74) is 4.39. The molecule has 0 spiro atoms. The van der Waals surface area contributed by atoms with Gasteiger partial charge in [-0.25, -0.2) is 0 Å². The van der Waals surface area contributed by atoms with Gasteiger partial charge in [-0.2, -0.15) is 0 Å². The first kappa shape index (κ1) is 14.9. The van der Waals surface area contributed by atoms with Crippen molar-refractivity contribution in [1.29, 1.82) is 0 Å². The summed E-state index contributed by atoms with van der Waals surface area (Å²) in [5, 5.41) is 3.66. The van der Waals surface area contributed by atoms with Gasteiger partial charge < -0.3 is 15.1 Å². The zero-order valence-corrected chi connectivity index (χ0v) is 13.6. The lowest BCUT2D eigenvalue weighted by atomic mass is 9.99. The Bertz CT molecular complexity index is 472. The van der Waals surface area contributed by atoms with Gasteiger partial charge in [-0.15, -0.1) is 0 Å². The molecule has 0 saturated carbocycles. The van der Waals surface area contributed by atoms with Crippen molar-refractivity contribution in [2.75, 3.05) is 38.6 Å². The van der Waals surface area contributed by atoms with Crippen molar-refractivity contribution in [3.63, 3.8) is 0 Å². The molecule has 0 bridgehead atoms. The average Bonchev–Trinajstić information content (AvgIpc) is 2.49. The Labute approximate surface area is 129 Å². The number of fused-ring (bicyclic) bond motifs is 1. The molecule has 3 nitrogen and oxygen atoms in total. The lowest BCUT2D eigenvalue weighted by Gasteiger charge is -2.32. The molecular weight excluding hydrogens is 258 g/mol. The van der Waals surface area contributed by atoms with E-state index in [0.717, 1.165) is 19.1 Å². The number of anilines is 1. The second kappa shape index (κ2) is 6.80. The van der Waals surface area contributed by atoms with Crippen LogP contribution in [0.15, 0.2) is 18.2 Å². The molecule has 0 aromatic heterocycles. The standard InChI is InChI=1S/C18H29N3/c1-20-10-4-3-7-17(20)14-19-13-15-8-9-18-16(12-15)6-5-11-21(18)2/h8-9,12,17,19H,3-7,10-11,13-14H2,1-2H3. The molecule has 1 aromatic carbocycles. The van der Waals surface area contributed by atoms with Crippen LogP contribution in [0.1, 0.15) is 36.8 Å². The Hall–Kier alpha value is -1.06. The van der Waals surface area contributed by atoms with Crippen molar-refractivity contribution in [3.8, 4) is 0 Å². The molecule has 2 aliphatic heterocycles. The number of likely N-dealkylation sites (tertiary alicyclic amines) is 1. The third-order valence-corrected chi connectivity index (χ3v) is 5.13. The highest BCUT2D eigenvalue weighted by molar-refractivity contribution is 5.56. The van der Waals surface area contributed by atoms with E-state index in [1.54, 1.807) is 0 Å². The first-order valence-electron chi connectivity index (χ1n) is 8.48. The quantitative estimate of drug-likeness (QED) is 0.918. The summed E-state index contributed by atoms with van der Waals surface area (Å²) in [6.07, 6.45) is 6.62. The van der Waals surface area contributed by atoms with E-state index in [1.165, 1.54) is 62.0 Å². The number of benzene rings is 1. The Morgan fingerprint density at radius 3 is 2.90 bits per heavy atom. The van der Waals surface area contributed by atoms with Crippen molar-refractivity contribution in [2.24, 2.45) is 0 Å². The number of rotatable bonds is 4. The topological polar surface area (TPSA) is 18.5 Å². The van der Waals surface area contributed by atoms with Crippen LogP contribution < -0.4 is 10.2 Å². The van der Waals surface area contributed by atoms with E-state index in [1.807, 2.05) is 0 Å². The van der Waals surface area contributed by atoms with E-state index in [2.05, 4.69) is 47.4 Å². The van der Waals surface area contributed by atoms with Gasteiger partial charge in [0, 0.05) is 38.4 Å². The zero-order valence-electron chi connectivity index (χ0n) is 13.6. The van der Waals surface area contributed by atoms with E-state index < -0.39 is 0 Å². The molecule has 0 amide bonds. The molecule has 1 aromatic rings. The largest absolute Gasteiger partial charge is 0.374 e. The van der Waals surface area contributed by atoms with Crippen molar-refractivity contribution in [3.05, 3.63) is 29.3 Å². The molecule has 1 atom stereocenters. The smallest absolute Gasteiger partial charge is 0.0396 e. The maximum Gasteiger partial charge on any atom is 0.0396 e. The minimum atomic E-state index is 0.725. The van der Waals surface area contributed by atoms with Crippen LogP contribution in [0, 0.1) is 0 Å². The van der Waals surface area contributed by atoms with Gasteiger partial charge in [0.25, 0.3) is 0 Å². The Balaban J connectivity index is 1.53. The van der Waals surface area contributed by atoms with Crippen LogP contribution in [0.3, 0.4) is 0 Å². The summed E-state index contributed by atoms with van der Waals surface area (Å²) in [4.78, 5) is 4.89. The Kier molecular flexibility index (Phi) is 4.81. The molecule has 2 heterocycles. The minimum Gasteiger partial charge on any atom is -0.374 e. The summed E-state index contributed by atoms with van der Waals surface area (Å²) < 4.78 is 0. The van der Waals surface area contributed by atoms with Crippen LogP contribution in [0.2, 0.25) is 0 Å². The zero-order chi connectivity index (χ0) is 14.7. The highest BCUT2D eigenvalue weighted by Crippen LogP contribution is 2.26. The van der Waals surface area contributed by atoms with E-state index in [4.69, 9.17) is 0 Å². The molecule has 3 heteroatoms. The highest BCUT2D eigenvalue weighted by Gasteiger charge is 2.18. The molecule has 1 unspecified atom stereocenters. The van der Waals surface area contributed by atoms with Crippen molar-refractivity contribution < 1.29 is 0 Å². The molecule has 2 aliphatic rings. The summed E-state index contributed by atoms with van der Waals surface area (Å²) in [6, 6.07) is 7.72. The molecule has 1 N–H and O–H groups in total. The summed E-state index contributed by atoms with van der Waals surface area (Å²) in [5.74, 6) is 0. The monoisotopic (exact) mass is 287 g/mol.